The molecule has 13 heavy (non-hydrogen) atoms. The molecule has 0 saturated carbocycles. The second kappa shape index (κ2) is 3.18. The average Bonchev–Trinajstić information content (AvgIpc) is 2.58. The molecule has 2 rings (SSSR count). The van der Waals surface area contributed by atoms with Gasteiger partial charge < -0.3 is 0 Å². The summed E-state index contributed by atoms with van der Waals surface area (Å²) in [6.07, 6.45) is 10.7. The number of fused-ring (bicyclic) bond motifs is 1. The number of carbonyl (C=O) groups excluding carboxylic acids is 1. The Hall–Kier alpha value is -1.97. The molecule has 4 heteroatoms. The van der Waals surface area contributed by atoms with Crippen molar-refractivity contribution in [3.63, 3.8) is 0 Å². The third kappa shape index (κ3) is 1.33. The third-order valence-corrected chi connectivity index (χ3v) is 1.69. The Balaban J connectivity index is 2.57. The third-order valence-electron chi connectivity index (χ3n) is 1.69. The number of carbonyl (C=O) groups is 1. The number of rotatable bonds is 2. The fourth-order valence-corrected chi connectivity index (χ4v) is 1.12. The molecule has 2 aromatic rings. The monoisotopic (exact) mass is 173 g/mol. The van der Waals surface area contributed by atoms with Crippen LogP contribution in [0.15, 0.2) is 30.9 Å². The predicted octanol–water partition coefficient (Wildman–Crippen LogP) is 0.941. The Labute approximate surface area is 74.6 Å². The first kappa shape index (κ1) is 7.67. The summed E-state index contributed by atoms with van der Waals surface area (Å²) in [5, 5.41) is 0. The van der Waals surface area contributed by atoms with Crippen LogP contribution < -0.4 is 0 Å². The van der Waals surface area contributed by atoms with Gasteiger partial charge >= 0.3 is 0 Å². The highest BCUT2D eigenvalue weighted by molar-refractivity contribution is 5.73. The van der Waals surface area contributed by atoms with Gasteiger partial charge in [0.25, 0.3) is 0 Å². The van der Waals surface area contributed by atoms with Gasteiger partial charge in [-0.3, -0.25) is 14.2 Å². The van der Waals surface area contributed by atoms with Gasteiger partial charge in [0.2, 0.25) is 0 Å². The van der Waals surface area contributed by atoms with Crippen LogP contribution >= 0.6 is 0 Å². The summed E-state index contributed by atoms with van der Waals surface area (Å²) >= 11 is 0. The van der Waals surface area contributed by atoms with Crippen molar-refractivity contribution in [2.45, 2.75) is 0 Å². The number of aldehydes is 1. The Bertz CT molecular complexity index is 459. The molecule has 0 aliphatic heterocycles. The van der Waals surface area contributed by atoms with Gasteiger partial charge in [0, 0.05) is 12.4 Å². The Morgan fingerprint density at radius 3 is 3.15 bits per heavy atom. The summed E-state index contributed by atoms with van der Waals surface area (Å²) in [4.78, 5) is 18.1. The molecule has 0 amide bonds. The van der Waals surface area contributed by atoms with Crippen LogP contribution in [-0.2, 0) is 4.79 Å². The Morgan fingerprint density at radius 2 is 2.31 bits per heavy atom. The Kier molecular flexibility index (Phi) is 1.88. The van der Waals surface area contributed by atoms with E-state index in [1.807, 2.05) is 4.40 Å². The van der Waals surface area contributed by atoms with Crippen LogP contribution in [0.25, 0.3) is 11.7 Å². The van der Waals surface area contributed by atoms with Crippen LogP contribution in [0.3, 0.4) is 0 Å². The quantitative estimate of drug-likeness (QED) is 0.501. The van der Waals surface area contributed by atoms with Gasteiger partial charge in [-0.05, 0) is 12.2 Å². The van der Waals surface area contributed by atoms with E-state index in [-0.39, 0.29) is 0 Å². The van der Waals surface area contributed by atoms with Gasteiger partial charge in [-0.25, -0.2) is 4.98 Å². The molecular weight excluding hydrogens is 166 g/mol. The molecule has 0 aliphatic rings. The summed E-state index contributed by atoms with van der Waals surface area (Å²) in [6, 6.07) is 0. The fraction of sp³-hybridized carbons (Fsp3) is 0. The zero-order valence-corrected chi connectivity index (χ0v) is 6.79. The smallest absolute Gasteiger partial charge is 0.155 e. The lowest BCUT2D eigenvalue weighted by Gasteiger charge is -1.92. The lowest BCUT2D eigenvalue weighted by atomic mass is 10.4. The molecule has 0 saturated heterocycles. The summed E-state index contributed by atoms with van der Waals surface area (Å²) in [7, 11) is 0. The molecule has 2 aromatic heterocycles. The van der Waals surface area contributed by atoms with Crippen LogP contribution in [0.4, 0.5) is 0 Å². The molecule has 0 aromatic carbocycles. The van der Waals surface area contributed by atoms with Crippen molar-refractivity contribution in [3.05, 3.63) is 36.6 Å². The van der Waals surface area contributed by atoms with Crippen molar-refractivity contribution >= 4 is 18.0 Å². The highest BCUT2D eigenvalue weighted by Crippen LogP contribution is 2.05. The Morgan fingerprint density at radius 1 is 1.38 bits per heavy atom. The van der Waals surface area contributed by atoms with E-state index in [0.29, 0.717) is 0 Å². The highest BCUT2D eigenvalue weighted by Gasteiger charge is 1.97. The van der Waals surface area contributed by atoms with Gasteiger partial charge in [-0.2, -0.15) is 0 Å². The zero-order valence-electron chi connectivity index (χ0n) is 6.79. The molecular formula is C9H7N3O. The van der Waals surface area contributed by atoms with Crippen molar-refractivity contribution in [2.75, 3.05) is 0 Å². The minimum absolute atomic E-state index is 0.737. The summed E-state index contributed by atoms with van der Waals surface area (Å²) < 4.78 is 1.85. The number of allylic oxidation sites excluding steroid dienone is 1. The van der Waals surface area contributed by atoms with Crippen LogP contribution in [0.1, 0.15) is 5.69 Å². The fourth-order valence-electron chi connectivity index (χ4n) is 1.12. The van der Waals surface area contributed by atoms with E-state index in [0.717, 1.165) is 17.6 Å². The molecule has 4 nitrogen and oxygen atoms in total. The number of hydrogen-bond acceptors (Lipinski definition) is 3. The first-order valence-electron chi connectivity index (χ1n) is 3.81. The average molecular weight is 173 g/mol. The van der Waals surface area contributed by atoms with Crippen molar-refractivity contribution in [1.29, 1.82) is 0 Å². The number of hydrogen-bond donors (Lipinski definition) is 0. The van der Waals surface area contributed by atoms with E-state index in [1.54, 1.807) is 30.9 Å². The SMILES string of the molecule is O=CC=Cc1cnc2cnccn12. The van der Waals surface area contributed by atoms with Crippen molar-refractivity contribution < 1.29 is 4.79 Å². The van der Waals surface area contributed by atoms with Crippen molar-refractivity contribution in [2.24, 2.45) is 0 Å². The van der Waals surface area contributed by atoms with Crippen molar-refractivity contribution in [3.8, 4) is 0 Å². The molecule has 0 unspecified atom stereocenters. The molecule has 64 valence electrons. The summed E-state index contributed by atoms with van der Waals surface area (Å²) in [5.41, 5.74) is 1.64. The molecule has 0 aliphatic carbocycles. The number of imidazole rings is 1. The molecule has 0 radical (unpaired) electrons. The van der Waals surface area contributed by atoms with Gasteiger partial charge in [0.05, 0.1) is 18.1 Å². The van der Waals surface area contributed by atoms with Crippen LogP contribution in [0.5, 0.6) is 0 Å². The maximum atomic E-state index is 10.1. The summed E-state index contributed by atoms with van der Waals surface area (Å²) in [6.45, 7) is 0. The van der Waals surface area contributed by atoms with E-state index < -0.39 is 0 Å². The van der Waals surface area contributed by atoms with Crippen LogP contribution in [-0.4, -0.2) is 20.7 Å². The van der Waals surface area contributed by atoms with Gasteiger partial charge in [-0.15, -0.1) is 0 Å². The minimum Gasteiger partial charge on any atom is -0.299 e. The molecule has 0 spiro atoms. The number of nitrogens with zero attached hydrogens (tertiary/aromatic N) is 3. The lowest BCUT2D eigenvalue weighted by Crippen LogP contribution is -1.86. The van der Waals surface area contributed by atoms with Gasteiger partial charge in [0.1, 0.15) is 6.29 Å². The largest absolute Gasteiger partial charge is 0.299 e. The predicted molar refractivity (Wildman–Crippen MR) is 48.1 cm³/mol. The van der Waals surface area contributed by atoms with E-state index in [2.05, 4.69) is 9.97 Å². The second-order valence-corrected chi connectivity index (χ2v) is 2.48. The summed E-state index contributed by atoms with van der Waals surface area (Å²) in [5.74, 6) is 0. The second-order valence-electron chi connectivity index (χ2n) is 2.48. The molecule has 0 bridgehead atoms. The first-order chi connectivity index (χ1) is 6.42. The van der Waals surface area contributed by atoms with Gasteiger partial charge in [0.15, 0.2) is 5.65 Å². The molecule has 2 heterocycles. The van der Waals surface area contributed by atoms with E-state index >= 15 is 0 Å². The van der Waals surface area contributed by atoms with Crippen LogP contribution in [0.2, 0.25) is 0 Å². The zero-order chi connectivity index (χ0) is 9.10. The first-order valence-corrected chi connectivity index (χ1v) is 3.81. The molecule has 0 fully saturated rings. The maximum absolute atomic E-state index is 10.1. The van der Waals surface area contributed by atoms with E-state index in [4.69, 9.17) is 0 Å². The number of aromatic nitrogens is 3. The van der Waals surface area contributed by atoms with Crippen molar-refractivity contribution in [1.82, 2.24) is 14.4 Å². The van der Waals surface area contributed by atoms with E-state index in [9.17, 15) is 4.79 Å². The molecule has 0 N–H and O–H groups in total. The lowest BCUT2D eigenvalue weighted by molar-refractivity contribution is -0.104. The standard InChI is InChI=1S/C9H7N3O/c13-5-1-2-8-6-11-9-7-10-3-4-12(8)9/h1-7H. The normalized spacial score (nSPS) is 11.1. The molecule has 0 atom stereocenters. The highest BCUT2D eigenvalue weighted by atomic mass is 16.1. The van der Waals surface area contributed by atoms with Gasteiger partial charge in [-0.1, -0.05) is 0 Å². The topological polar surface area (TPSA) is 47.3 Å². The van der Waals surface area contributed by atoms with E-state index in [1.165, 1.54) is 6.08 Å². The van der Waals surface area contributed by atoms with Crippen LogP contribution in [0, 0.1) is 0 Å². The maximum Gasteiger partial charge on any atom is 0.155 e. The minimum atomic E-state index is 0.737.